The Balaban J connectivity index is 1.34. The van der Waals surface area contributed by atoms with E-state index in [-0.39, 0.29) is 30.2 Å². The Bertz CT molecular complexity index is 1120. The van der Waals surface area contributed by atoms with Crippen LogP contribution in [0.15, 0.2) is 52.9 Å². The Morgan fingerprint density at radius 1 is 1.10 bits per heavy atom. The zero-order chi connectivity index (χ0) is 21.4. The molecule has 3 aromatic rings. The van der Waals surface area contributed by atoms with Gasteiger partial charge in [-0.1, -0.05) is 12.1 Å². The van der Waals surface area contributed by atoms with E-state index >= 15 is 0 Å². The smallest absolute Gasteiger partial charge is 0.254 e. The van der Waals surface area contributed by atoms with Gasteiger partial charge < -0.3 is 20.0 Å². The molecule has 1 aliphatic heterocycles. The SMILES string of the molecule is O=C(NC1CC1)c1ccc(C(=O)N2CCNC(=O)C2Cc2nc3ccccc3o2)cc1. The number of piperazine rings is 1. The number of hydrogen-bond donors (Lipinski definition) is 2. The molecule has 8 heteroatoms. The standard InChI is InChI=1S/C23H22N4O4/c28-21(25-16-9-10-16)14-5-7-15(8-6-14)23(30)27-12-11-24-22(29)18(27)13-20-26-17-3-1-2-4-19(17)31-20/h1-8,16,18H,9-13H2,(H,24,29)(H,25,28). The highest BCUT2D eigenvalue weighted by atomic mass is 16.3. The van der Waals surface area contributed by atoms with E-state index in [4.69, 9.17) is 4.42 Å². The Labute approximate surface area is 178 Å². The van der Waals surface area contributed by atoms with E-state index in [1.807, 2.05) is 24.3 Å². The fourth-order valence-corrected chi connectivity index (χ4v) is 3.76. The van der Waals surface area contributed by atoms with Crippen molar-refractivity contribution >= 4 is 28.8 Å². The molecule has 1 unspecified atom stereocenters. The summed E-state index contributed by atoms with van der Waals surface area (Å²) in [4.78, 5) is 43.9. The van der Waals surface area contributed by atoms with Gasteiger partial charge in [-0.2, -0.15) is 0 Å². The van der Waals surface area contributed by atoms with Gasteiger partial charge >= 0.3 is 0 Å². The average Bonchev–Trinajstić information content (AvgIpc) is 3.50. The minimum atomic E-state index is -0.716. The number of para-hydroxylation sites is 2. The number of carbonyl (C=O) groups excluding carboxylic acids is 3. The van der Waals surface area contributed by atoms with Gasteiger partial charge in [0, 0.05) is 30.3 Å². The van der Waals surface area contributed by atoms with Crippen LogP contribution in [-0.4, -0.2) is 52.8 Å². The highest BCUT2D eigenvalue weighted by Gasteiger charge is 2.35. The molecule has 0 bridgehead atoms. The number of aromatic nitrogens is 1. The first-order valence-corrected chi connectivity index (χ1v) is 10.4. The van der Waals surface area contributed by atoms with Gasteiger partial charge in [-0.3, -0.25) is 14.4 Å². The van der Waals surface area contributed by atoms with Crippen LogP contribution in [-0.2, 0) is 11.2 Å². The van der Waals surface area contributed by atoms with E-state index in [1.165, 1.54) is 0 Å². The maximum absolute atomic E-state index is 13.2. The predicted molar refractivity (Wildman–Crippen MR) is 112 cm³/mol. The zero-order valence-corrected chi connectivity index (χ0v) is 16.8. The first-order chi connectivity index (χ1) is 15.1. The number of hydrogen-bond acceptors (Lipinski definition) is 5. The molecule has 0 radical (unpaired) electrons. The lowest BCUT2D eigenvalue weighted by molar-refractivity contribution is -0.127. The molecule has 1 saturated carbocycles. The van der Waals surface area contributed by atoms with Crippen molar-refractivity contribution in [2.24, 2.45) is 0 Å². The van der Waals surface area contributed by atoms with Gasteiger partial charge in [-0.25, -0.2) is 4.98 Å². The molecular formula is C23H22N4O4. The molecule has 8 nitrogen and oxygen atoms in total. The predicted octanol–water partition coefficient (Wildman–Crippen LogP) is 1.90. The van der Waals surface area contributed by atoms with E-state index in [9.17, 15) is 14.4 Å². The summed E-state index contributed by atoms with van der Waals surface area (Å²) in [7, 11) is 0. The van der Waals surface area contributed by atoms with Gasteiger partial charge in [0.25, 0.3) is 11.8 Å². The molecule has 2 N–H and O–H groups in total. The number of benzene rings is 2. The van der Waals surface area contributed by atoms with Crippen molar-refractivity contribution in [1.82, 2.24) is 20.5 Å². The average molecular weight is 418 g/mol. The lowest BCUT2D eigenvalue weighted by atomic mass is 10.1. The second kappa shape index (κ2) is 7.86. The second-order valence-electron chi connectivity index (χ2n) is 7.91. The molecule has 31 heavy (non-hydrogen) atoms. The van der Waals surface area contributed by atoms with E-state index < -0.39 is 6.04 Å². The lowest BCUT2D eigenvalue weighted by Gasteiger charge is -2.34. The molecule has 2 heterocycles. The zero-order valence-electron chi connectivity index (χ0n) is 16.8. The summed E-state index contributed by atoms with van der Waals surface area (Å²) in [5.74, 6) is -0.215. The molecule has 1 aliphatic carbocycles. The Morgan fingerprint density at radius 2 is 1.84 bits per heavy atom. The Morgan fingerprint density at radius 3 is 2.58 bits per heavy atom. The molecule has 1 aromatic heterocycles. The van der Waals surface area contributed by atoms with Crippen LogP contribution in [0.1, 0.15) is 39.4 Å². The molecule has 1 atom stereocenters. The molecule has 1 saturated heterocycles. The summed E-state index contributed by atoms with van der Waals surface area (Å²) in [6.45, 7) is 0.774. The van der Waals surface area contributed by atoms with Gasteiger partial charge in [0.05, 0.1) is 6.42 Å². The van der Waals surface area contributed by atoms with Gasteiger partial charge in [-0.15, -0.1) is 0 Å². The van der Waals surface area contributed by atoms with Crippen LogP contribution in [0.5, 0.6) is 0 Å². The van der Waals surface area contributed by atoms with E-state index in [2.05, 4.69) is 15.6 Å². The second-order valence-corrected chi connectivity index (χ2v) is 7.91. The summed E-state index contributed by atoms with van der Waals surface area (Å²) < 4.78 is 5.76. The van der Waals surface area contributed by atoms with E-state index in [0.29, 0.717) is 41.2 Å². The van der Waals surface area contributed by atoms with Crippen molar-refractivity contribution in [3.05, 3.63) is 65.5 Å². The third-order valence-electron chi connectivity index (χ3n) is 5.60. The first-order valence-electron chi connectivity index (χ1n) is 10.4. The number of fused-ring (bicyclic) bond motifs is 1. The third-order valence-corrected chi connectivity index (χ3v) is 5.60. The Kier molecular flexibility index (Phi) is 4.89. The quantitative estimate of drug-likeness (QED) is 0.659. The minimum Gasteiger partial charge on any atom is -0.441 e. The summed E-state index contributed by atoms with van der Waals surface area (Å²) in [6.07, 6.45) is 2.22. The fourth-order valence-electron chi connectivity index (χ4n) is 3.76. The van der Waals surface area contributed by atoms with Crippen molar-refractivity contribution < 1.29 is 18.8 Å². The van der Waals surface area contributed by atoms with Gasteiger partial charge in [0.2, 0.25) is 5.91 Å². The fraction of sp³-hybridized carbons (Fsp3) is 0.304. The maximum atomic E-state index is 13.2. The van der Waals surface area contributed by atoms with Crippen molar-refractivity contribution in [2.75, 3.05) is 13.1 Å². The van der Waals surface area contributed by atoms with Crippen LogP contribution in [0.2, 0.25) is 0 Å². The summed E-state index contributed by atoms with van der Waals surface area (Å²) >= 11 is 0. The number of oxazole rings is 1. The number of amides is 3. The number of nitrogens with one attached hydrogen (secondary N) is 2. The van der Waals surface area contributed by atoms with Gasteiger partial charge in [-0.05, 0) is 49.2 Å². The Hall–Kier alpha value is -3.68. The first kappa shape index (κ1) is 19.3. The van der Waals surface area contributed by atoms with Crippen molar-refractivity contribution in [1.29, 1.82) is 0 Å². The third kappa shape index (κ3) is 4.01. The lowest BCUT2D eigenvalue weighted by Crippen LogP contribution is -2.58. The molecule has 3 amide bonds. The van der Waals surface area contributed by atoms with Crippen molar-refractivity contribution in [3.8, 4) is 0 Å². The molecular weight excluding hydrogens is 396 g/mol. The number of carbonyl (C=O) groups is 3. The highest BCUT2D eigenvalue weighted by Crippen LogP contribution is 2.21. The monoisotopic (exact) mass is 418 g/mol. The van der Waals surface area contributed by atoms with E-state index in [1.54, 1.807) is 29.2 Å². The van der Waals surface area contributed by atoms with Crippen LogP contribution >= 0.6 is 0 Å². The molecule has 2 fully saturated rings. The summed E-state index contributed by atoms with van der Waals surface area (Å²) in [6, 6.07) is 13.5. The molecule has 5 rings (SSSR count). The van der Waals surface area contributed by atoms with Gasteiger partial charge in [0.1, 0.15) is 11.6 Å². The van der Waals surface area contributed by atoms with Crippen LogP contribution in [0, 0.1) is 0 Å². The maximum Gasteiger partial charge on any atom is 0.254 e. The van der Waals surface area contributed by atoms with Crippen LogP contribution in [0.4, 0.5) is 0 Å². The normalized spacial score (nSPS) is 18.6. The molecule has 2 aromatic carbocycles. The summed E-state index contributed by atoms with van der Waals surface area (Å²) in [5.41, 5.74) is 2.31. The molecule has 158 valence electrons. The highest BCUT2D eigenvalue weighted by molar-refractivity contribution is 6.00. The van der Waals surface area contributed by atoms with Crippen LogP contribution in [0.25, 0.3) is 11.1 Å². The number of rotatable bonds is 5. The summed E-state index contributed by atoms with van der Waals surface area (Å²) in [5, 5.41) is 5.74. The van der Waals surface area contributed by atoms with E-state index in [0.717, 1.165) is 12.8 Å². The van der Waals surface area contributed by atoms with Crippen LogP contribution < -0.4 is 10.6 Å². The largest absolute Gasteiger partial charge is 0.441 e. The topological polar surface area (TPSA) is 105 Å². The number of nitrogens with zero attached hydrogens (tertiary/aromatic N) is 2. The minimum absolute atomic E-state index is 0.132. The van der Waals surface area contributed by atoms with Crippen LogP contribution in [0.3, 0.4) is 0 Å². The van der Waals surface area contributed by atoms with Crippen molar-refractivity contribution in [3.63, 3.8) is 0 Å². The van der Waals surface area contributed by atoms with Gasteiger partial charge in [0.15, 0.2) is 11.5 Å². The van der Waals surface area contributed by atoms with Crippen molar-refractivity contribution in [2.45, 2.75) is 31.3 Å². The molecule has 0 spiro atoms. The molecule has 2 aliphatic rings.